The molecule has 0 radical (unpaired) electrons. The summed E-state index contributed by atoms with van der Waals surface area (Å²) in [7, 11) is 3.47. The van der Waals surface area contributed by atoms with Crippen LogP contribution in [0.2, 0.25) is 0 Å². The fourth-order valence-electron chi connectivity index (χ4n) is 2.75. The van der Waals surface area contributed by atoms with E-state index < -0.39 is 0 Å². The van der Waals surface area contributed by atoms with E-state index in [9.17, 15) is 9.59 Å². The molecular formula is C15H26N2O3S. The highest BCUT2D eigenvalue weighted by atomic mass is 32.2. The van der Waals surface area contributed by atoms with Crippen molar-refractivity contribution in [1.82, 2.24) is 9.80 Å². The molecular weight excluding hydrogens is 288 g/mol. The molecule has 0 aromatic heterocycles. The lowest BCUT2D eigenvalue weighted by Crippen LogP contribution is -2.60. The van der Waals surface area contributed by atoms with Gasteiger partial charge < -0.3 is 14.5 Å². The van der Waals surface area contributed by atoms with Crippen LogP contribution in [-0.2, 0) is 14.3 Å². The highest BCUT2D eigenvalue weighted by Gasteiger charge is 2.50. The molecule has 5 nitrogen and oxygen atoms in total. The summed E-state index contributed by atoms with van der Waals surface area (Å²) >= 11 is 1.90. The van der Waals surface area contributed by atoms with Gasteiger partial charge in [-0.15, -0.1) is 11.8 Å². The summed E-state index contributed by atoms with van der Waals surface area (Å²) in [6.07, 6.45) is 1.73. The van der Waals surface area contributed by atoms with Gasteiger partial charge in [-0.25, -0.2) is 0 Å². The highest BCUT2D eigenvalue weighted by Crippen LogP contribution is 2.46. The molecule has 6 heteroatoms. The number of carbonyl (C=O) groups is 2. The summed E-state index contributed by atoms with van der Waals surface area (Å²) < 4.78 is 5.88. The molecule has 0 N–H and O–H groups in total. The molecule has 2 aliphatic rings. The van der Waals surface area contributed by atoms with Crippen LogP contribution in [0.25, 0.3) is 0 Å². The second-order valence-corrected chi connectivity index (χ2v) is 8.26. The first-order valence-corrected chi connectivity index (χ1v) is 8.53. The lowest BCUT2D eigenvalue weighted by atomic mass is 9.92. The van der Waals surface area contributed by atoms with Crippen LogP contribution >= 0.6 is 11.8 Å². The van der Waals surface area contributed by atoms with Gasteiger partial charge in [0.2, 0.25) is 11.8 Å². The Morgan fingerprint density at radius 1 is 1.38 bits per heavy atom. The fraction of sp³-hybridized carbons (Fsp3) is 0.867. The number of nitrogens with zero attached hydrogens (tertiary/aromatic N) is 2. The Bertz CT molecular complexity index is 406. The van der Waals surface area contributed by atoms with Gasteiger partial charge in [0.15, 0.2) is 0 Å². The molecule has 1 spiro atoms. The van der Waals surface area contributed by atoms with Gasteiger partial charge in [-0.05, 0) is 12.3 Å². The molecule has 2 fully saturated rings. The Balaban J connectivity index is 1.72. The molecule has 2 saturated heterocycles. The van der Waals surface area contributed by atoms with Crippen molar-refractivity contribution in [1.29, 1.82) is 0 Å². The summed E-state index contributed by atoms with van der Waals surface area (Å²) in [6, 6.07) is 0. The molecule has 0 aliphatic carbocycles. The van der Waals surface area contributed by atoms with E-state index in [1.165, 1.54) is 0 Å². The van der Waals surface area contributed by atoms with E-state index in [-0.39, 0.29) is 29.3 Å². The Hall–Kier alpha value is -0.750. The molecule has 21 heavy (non-hydrogen) atoms. The van der Waals surface area contributed by atoms with Crippen LogP contribution in [0.1, 0.15) is 26.7 Å². The first kappa shape index (κ1) is 16.6. The Kier molecular flexibility index (Phi) is 5.20. The van der Waals surface area contributed by atoms with Gasteiger partial charge in [-0.3, -0.25) is 9.59 Å². The van der Waals surface area contributed by atoms with Crippen molar-refractivity contribution >= 4 is 23.6 Å². The van der Waals surface area contributed by atoms with Gasteiger partial charge in [0.05, 0.1) is 10.9 Å². The number of amides is 2. The van der Waals surface area contributed by atoms with Gasteiger partial charge in [-0.1, -0.05) is 13.8 Å². The van der Waals surface area contributed by atoms with Crippen molar-refractivity contribution in [3.63, 3.8) is 0 Å². The predicted molar refractivity (Wildman–Crippen MR) is 84.3 cm³/mol. The third-order valence-electron chi connectivity index (χ3n) is 4.01. The summed E-state index contributed by atoms with van der Waals surface area (Å²) in [5.74, 6) is 1.61. The van der Waals surface area contributed by atoms with E-state index in [0.717, 1.165) is 25.3 Å². The minimum Gasteiger partial charge on any atom is -0.367 e. The van der Waals surface area contributed by atoms with E-state index in [4.69, 9.17) is 4.74 Å². The van der Waals surface area contributed by atoms with Crippen molar-refractivity contribution in [3.05, 3.63) is 0 Å². The van der Waals surface area contributed by atoms with E-state index in [1.807, 2.05) is 16.7 Å². The second kappa shape index (κ2) is 6.57. The molecule has 120 valence electrons. The summed E-state index contributed by atoms with van der Waals surface area (Å²) in [5.41, 5.74) is 0. The quantitative estimate of drug-likeness (QED) is 0.766. The number of thioether (sulfide) groups is 1. The van der Waals surface area contributed by atoms with Crippen LogP contribution in [0.4, 0.5) is 0 Å². The molecule has 0 saturated carbocycles. The van der Waals surface area contributed by atoms with E-state index >= 15 is 0 Å². The summed E-state index contributed by atoms with van der Waals surface area (Å²) in [6.45, 7) is 5.98. The number of likely N-dealkylation sites (tertiary alicyclic amines) is 1. The van der Waals surface area contributed by atoms with E-state index in [0.29, 0.717) is 12.3 Å². The lowest BCUT2D eigenvalue weighted by molar-refractivity contribution is -0.138. The largest absolute Gasteiger partial charge is 0.367 e. The van der Waals surface area contributed by atoms with Crippen LogP contribution in [0.3, 0.4) is 0 Å². The molecule has 2 amide bonds. The smallest absolute Gasteiger partial charge is 0.248 e. The Morgan fingerprint density at radius 3 is 2.62 bits per heavy atom. The molecule has 2 rings (SSSR count). The first-order chi connectivity index (χ1) is 9.81. The van der Waals surface area contributed by atoms with Gasteiger partial charge in [-0.2, -0.15) is 0 Å². The minimum absolute atomic E-state index is 0.00305. The van der Waals surface area contributed by atoms with E-state index in [2.05, 4.69) is 13.8 Å². The molecule has 2 heterocycles. The SMILES string of the molecule is CC(C)CC(=O)N1CC2(CC(OCC(=O)N(C)C)CS2)C1. The maximum Gasteiger partial charge on any atom is 0.248 e. The normalized spacial score (nSPS) is 23.5. The number of carbonyl (C=O) groups excluding carboxylic acids is 2. The molecule has 1 atom stereocenters. The predicted octanol–water partition coefficient (Wildman–Crippen LogP) is 1.22. The van der Waals surface area contributed by atoms with Crippen LogP contribution in [-0.4, -0.2) is 72.0 Å². The van der Waals surface area contributed by atoms with Gasteiger partial charge in [0, 0.05) is 39.4 Å². The van der Waals surface area contributed by atoms with Crippen molar-refractivity contribution in [2.75, 3.05) is 39.5 Å². The summed E-state index contributed by atoms with van der Waals surface area (Å²) in [4.78, 5) is 27.0. The maximum absolute atomic E-state index is 12.0. The topological polar surface area (TPSA) is 49.9 Å². The summed E-state index contributed by atoms with van der Waals surface area (Å²) in [5, 5.41) is 0. The third kappa shape index (κ3) is 4.13. The first-order valence-electron chi connectivity index (χ1n) is 7.55. The zero-order chi connectivity index (χ0) is 15.6. The molecule has 0 aromatic carbocycles. The highest BCUT2D eigenvalue weighted by molar-refractivity contribution is 8.01. The van der Waals surface area contributed by atoms with Gasteiger partial charge >= 0.3 is 0 Å². The van der Waals surface area contributed by atoms with Crippen molar-refractivity contribution in [3.8, 4) is 0 Å². The van der Waals surface area contributed by atoms with Crippen LogP contribution in [0, 0.1) is 5.92 Å². The fourth-order valence-corrected chi connectivity index (χ4v) is 4.30. The Morgan fingerprint density at radius 2 is 2.05 bits per heavy atom. The standard InChI is InChI=1S/C15H26N2O3S/c1-11(2)5-13(18)17-9-15(10-17)6-12(8-21-15)20-7-14(19)16(3)4/h11-12H,5-10H2,1-4H3. The van der Waals surface area contributed by atoms with Crippen molar-refractivity contribution in [2.24, 2.45) is 5.92 Å². The number of hydrogen-bond donors (Lipinski definition) is 0. The van der Waals surface area contributed by atoms with Crippen LogP contribution in [0.5, 0.6) is 0 Å². The van der Waals surface area contributed by atoms with Crippen LogP contribution in [0.15, 0.2) is 0 Å². The molecule has 0 bridgehead atoms. The zero-order valence-corrected chi connectivity index (χ0v) is 14.2. The average Bonchev–Trinajstić information content (AvgIpc) is 2.77. The number of rotatable bonds is 5. The average molecular weight is 314 g/mol. The van der Waals surface area contributed by atoms with Crippen LogP contribution < -0.4 is 0 Å². The Labute approximate surface area is 131 Å². The van der Waals surface area contributed by atoms with Gasteiger partial charge in [0.1, 0.15) is 6.61 Å². The minimum atomic E-state index is 0.00305. The monoisotopic (exact) mass is 314 g/mol. The molecule has 1 unspecified atom stereocenters. The van der Waals surface area contributed by atoms with Crippen molar-refractivity contribution < 1.29 is 14.3 Å². The van der Waals surface area contributed by atoms with Gasteiger partial charge in [0.25, 0.3) is 0 Å². The third-order valence-corrected chi connectivity index (χ3v) is 5.59. The zero-order valence-electron chi connectivity index (χ0n) is 13.4. The number of ether oxygens (including phenoxy) is 1. The molecule has 2 aliphatic heterocycles. The number of likely N-dealkylation sites (N-methyl/N-ethyl adjacent to an activating group) is 1. The second-order valence-electron chi connectivity index (χ2n) is 6.77. The lowest BCUT2D eigenvalue weighted by Gasteiger charge is -2.47. The molecule has 0 aromatic rings. The van der Waals surface area contributed by atoms with Crippen molar-refractivity contribution in [2.45, 2.75) is 37.5 Å². The number of hydrogen-bond acceptors (Lipinski definition) is 4. The maximum atomic E-state index is 12.0. The van der Waals surface area contributed by atoms with E-state index in [1.54, 1.807) is 19.0 Å².